The number of amides is 2. The van der Waals surface area contributed by atoms with Crippen molar-refractivity contribution in [2.75, 3.05) is 18.1 Å². The van der Waals surface area contributed by atoms with E-state index in [1.165, 1.54) is 9.80 Å². The quantitative estimate of drug-likeness (QED) is 0.460. The molecule has 3 aliphatic rings. The predicted octanol–water partition coefficient (Wildman–Crippen LogP) is 3.62. The zero-order valence-electron chi connectivity index (χ0n) is 22.0. The lowest BCUT2D eigenvalue weighted by Crippen LogP contribution is -2.59. The van der Waals surface area contributed by atoms with Gasteiger partial charge in [-0.05, 0) is 50.3 Å². The zero-order valence-corrected chi connectivity index (χ0v) is 22.8. The molecule has 2 amide bonds. The Morgan fingerprint density at radius 2 is 1.95 bits per heavy atom. The third-order valence-corrected chi connectivity index (χ3v) is 8.97. The van der Waals surface area contributed by atoms with Crippen LogP contribution in [-0.4, -0.2) is 69.3 Å². The molecule has 3 aliphatic heterocycles. The summed E-state index contributed by atoms with van der Waals surface area (Å²) >= 11 is 6.59. The molecule has 3 fully saturated rings. The topological polar surface area (TPSA) is 107 Å². The van der Waals surface area contributed by atoms with E-state index in [4.69, 9.17) is 16.3 Å². The second-order valence-electron chi connectivity index (χ2n) is 11.0. The fourth-order valence-electron chi connectivity index (χ4n) is 7.08. The number of carboxylic acid groups (broad SMARTS) is 1. The number of aliphatic hydroxyl groups is 1. The average Bonchev–Trinajstić information content (AvgIpc) is 3.47. The van der Waals surface area contributed by atoms with Gasteiger partial charge in [-0.15, -0.1) is 6.58 Å². The summed E-state index contributed by atoms with van der Waals surface area (Å²) in [6.45, 7) is 7.09. The summed E-state index contributed by atoms with van der Waals surface area (Å²) in [5.74, 6) is -4.20. The van der Waals surface area contributed by atoms with Gasteiger partial charge in [0, 0.05) is 6.54 Å². The van der Waals surface area contributed by atoms with Crippen LogP contribution in [0.2, 0.25) is 5.02 Å². The van der Waals surface area contributed by atoms with Crippen LogP contribution in [-0.2, 0) is 25.5 Å². The van der Waals surface area contributed by atoms with Crippen molar-refractivity contribution >= 4 is 35.1 Å². The van der Waals surface area contributed by atoms with E-state index in [0.29, 0.717) is 23.6 Å². The lowest BCUT2D eigenvalue weighted by atomic mass is 9.66. The predicted molar refractivity (Wildman–Crippen MR) is 146 cm³/mol. The van der Waals surface area contributed by atoms with Crippen LogP contribution in [0.15, 0.2) is 61.2 Å². The molecule has 0 aliphatic carbocycles. The molecule has 3 saturated heterocycles. The van der Waals surface area contributed by atoms with Gasteiger partial charge in [-0.3, -0.25) is 14.4 Å². The molecule has 2 aromatic carbocycles. The van der Waals surface area contributed by atoms with Crippen LogP contribution < -0.4 is 4.90 Å². The Morgan fingerprint density at radius 1 is 1.23 bits per heavy atom. The van der Waals surface area contributed by atoms with E-state index in [9.17, 15) is 24.6 Å². The molecule has 206 valence electrons. The fraction of sp³-hybridized carbons (Fsp3) is 0.433. The number of hydrogen-bond acceptors (Lipinski definition) is 5. The zero-order chi connectivity index (χ0) is 28.1. The van der Waals surface area contributed by atoms with Gasteiger partial charge in [-0.1, -0.05) is 60.1 Å². The first-order valence-corrected chi connectivity index (χ1v) is 13.5. The maximum atomic E-state index is 14.7. The van der Waals surface area contributed by atoms with E-state index in [1.807, 2.05) is 43.3 Å². The van der Waals surface area contributed by atoms with E-state index in [1.54, 1.807) is 25.1 Å². The molecule has 9 heteroatoms. The summed E-state index contributed by atoms with van der Waals surface area (Å²) in [5, 5.41) is 21.1. The van der Waals surface area contributed by atoms with Crippen molar-refractivity contribution in [3.05, 3.63) is 77.3 Å². The van der Waals surface area contributed by atoms with Gasteiger partial charge in [0.1, 0.15) is 11.6 Å². The van der Waals surface area contributed by atoms with E-state index >= 15 is 0 Å². The summed E-state index contributed by atoms with van der Waals surface area (Å²) in [4.78, 5) is 44.4. The van der Waals surface area contributed by atoms with Crippen LogP contribution in [0.3, 0.4) is 0 Å². The SMILES string of the molecule is C=CCN(C(=O)C1N([C@@H](CO)Cc2ccccc2)C(=O)[C@@H]2[C@@H](C(=O)O)[C@@]3(C)CCC12O3)c1c(C)cccc1Cl. The molecule has 0 radical (unpaired) electrons. The molecular weight excluding hydrogens is 520 g/mol. The summed E-state index contributed by atoms with van der Waals surface area (Å²) in [5.41, 5.74) is -0.285. The number of anilines is 1. The molecule has 0 saturated carbocycles. The number of hydrogen-bond donors (Lipinski definition) is 2. The first-order chi connectivity index (χ1) is 18.6. The summed E-state index contributed by atoms with van der Waals surface area (Å²) in [6.07, 6.45) is 2.62. The number of fused-ring (bicyclic) bond motifs is 1. The molecule has 0 aromatic heterocycles. The smallest absolute Gasteiger partial charge is 0.310 e. The molecule has 2 bridgehead atoms. The highest BCUT2D eigenvalue weighted by Gasteiger charge is 2.79. The van der Waals surface area contributed by atoms with Gasteiger partial charge in [0.25, 0.3) is 5.91 Å². The normalized spacial score (nSPS) is 29.8. The maximum absolute atomic E-state index is 14.7. The van der Waals surface area contributed by atoms with E-state index in [0.717, 1.165) is 11.1 Å². The number of para-hydroxylation sites is 1. The second-order valence-corrected chi connectivity index (χ2v) is 11.4. The Balaban J connectivity index is 1.66. The first kappa shape index (κ1) is 27.4. The number of likely N-dealkylation sites (tertiary alicyclic amines) is 1. The van der Waals surface area contributed by atoms with Gasteiger partial charge in [0.05, 0.1) is 40.8 Å². The minimum atomic E-state index is -1.34. The van der Waals surface area contributed by atoms with Crippen LogP contribution >= 0.6 is 11.6 Å². The number of aryl methyl sites for hydroxylation is 1. The minimum Gasteiger partial charge on any atom is -0.481 e. The lowest BCUT2D eigenvalue weighted by Gasteiger charge is -2.40. The molecule has 3 heterocycles. The number of rotatable bonds is 9. The molecule has 39 heavy (non-hydrogen) atoms. The molecule has 2 unspecified atom stereocenters. The van der Waals surface area contributed by atoms with Crippen LogP contribution in [0.1, 0.15) is 30.9 Å². The van der Waals surface area contributed by atoms with Gasteiger partial charge >= 0.3 is 5.97 Å². The van der Waals surface area contributed by atoms with Gasteiger partial charge in [-0.25, -0.2) is 0 Å². The summed E-state index contributed by atoms with van der Waals surface area (Å²) in [7, 11) is 0. The van der Waals surface area contributed by atoms with Crippen molar-refractivity contribution in [2.24, 2.45) is 11.8 Å². The maximum Gasteiger partial charge on any atom is 0.310 e. The Hall–Kier alpha value is -3.20. The van der Waals surface area contributed by atoms with E-state index in [-0.39, 0.29) is 13.0 Å². The standard InChI is InChI=1S/C30H33ClN2O6/c1-4-15-32(24-18(2)9-8-12-21(24)31)27(36)25-30-14-13-29(3,39-30)23(28(37)38)22(30)26(35)33(25)20(17-34)16-19-10-6-5-7-11-19/h4-12,20,22-23,25,34H,1,13-17H2,2-3H3,(H,37,38)/t20-,22+,23+,25?,29-,30?/m1/s1. The Morgan fingerprint density at radius 3 is 2.56 bits per heavy atom. The van der Waals surface area contributed by atoms with Crippen molar-refractivity contribution in [1.82, 2.24) is 4.90 Å². The molecule has 8 nitrogen and oxygen atoms in total. The van der Waals surface area contributed by atoms with E-state index in [2.05, 4.69) is 6.58 Å². The molecule has 5 rings (SSSR count). The lowest BCUT2D eigenvalue weighted by molar-refractivity contribution is -0.155. The average molecular weight is 553 g/mol. The summed E-state index contributed by atoms with van der Waals surface area (Å²) < 4.78 is 6.52. The number of benzene rings is 2. The monoisotopic (exact) mass is 552 g/mol. The molecule has 1 spiro atoms. The number of carbonyl (C=O) groups excluding carboxylic acids is 2. The highest BCUT2D eigenvalue weighted by atomic mass is 35.5. The Kier molecular flexibility index (Phi) is 7.07. The van der Waals surface area contributed by atoms with Gasteiger partial charge < -0.3 is 24.7 Å². The van der Waals surface area contributed by atoms with Crippen LogP contribution in [0, 0.1) is 18.8 Å². The number of aliphatic hydroxyl groups excluding tert-OH is 1. The van der Waals surface area contributed by atoms with Gasteiger partial charge in [-0.2, -0.15) is 0 Å². The molecular formula is C30H33ClN2O6. The van der Waals surface area contributed by atoms with Gasteiger partial charge in [0.15, 0.2) is 0 Å². The molecule has 6 atom stereocenters. The highest BCUT2D eigenvalue weighted by molar-refractivity contribution is 6.34. The van der Waals surface area contributed by atoms with Crippen LogP contribution in [0.25, 0.3) is 0 Å². The summed E-state index contributed by atoms with van der Waals surface area (Å²) in [6, 6.07) is 12.8. The van der Waals surface area contributed by atoms with Crippen molar-refractivity contribution in [2.45, 2.75) is 56.4 Å². The van der Waals surface area contributed by atoms with Crippen molar-refractivity contribution in [1.29, 1.82) is 0 Å². The largest absolute Gasteiger partial charge is 0.481 e. The number of carbonyl (C=O) groups is 3. The number of aliphatic carboxylic acids is 1. The third kappa shape index (κ3) is 4.17. The number of ether oxygens (including phenoxy) is 1. The number of nitrogens with zero attached hydrogens (tertiary/aromatic N) is 2. The van der Waals surface area contributed by atoms with Crippen molar-refractivity contribution < 1.29 is 29.3 Å². The molecule has 2 aromatic rings. The second kappa shape index (κ2) is 10.1. The van der Waals surface area contributed by atoms with Crippen LogP contribution in [0.4, 0.5) is 5.69 Å². The Bertz CT molecular complexity index is 1300. The van der Waals surface area contributed by atoms with Crippen molar-refractivity contribution in [3.63, 3.8) is 0 Å². The fourth-order valence-corrected chi connectivity index (χ4v) is 7.41. The third-order valence-electron chi connectivity index (χ3n) is 8.67. The minimum absolute atomic E-state index is 0.116. The highest BCUT2D eigenvalue weighted by Crippen LogP contribution is 2.63. The van der Waals surface area contributed by atoms with E-state index < -0.39 is 59.5 Å². The van der Waals surface area contributed by atoms with Crippen LogP contribution in [0.5, 0.6) is 0 Å². The Labute approximate surface area is 232 Å². The number of carboxylic acids is 1. The van der Waals surface area contributed by atoms with Gasteiger partial charge in [0.2, 0.25) is 5.91 Å². The van der Waals surface area contributed by atoms with Crippen molar-refractivity contribution in [3.8, 4) is 0 Å². The first-order valence-electron chi connectivity index (χ1n) is 13.2. The number of halogens is 1. The molecule has 2 N–H and O–H groups in total.